The standard InChI is InChI=1S/C8H10O3S/c1-6-3-4-8(7(9)5-6)12(2,10)11/h3-5,9H,1-2H3. The lowest BCUT2D eigenvalue weighted by molar-refractivity contribution is 0.458. The largest absolute Gasteiger partial charge is 0.507 e. The molecule has 1 rings (SSSR count). The molecule has 12 heavy (non-hydrogen) atoms. The van der Waals surface area contributed by atoms with E-state index >= 15 is 0 Å². The third-order valence-corrected chi connectivity index (χ3v) is 2.66. The van der Waals surface area contributed by atoms with Gasteiger partial charge in [0.15, 0.2) is 9.84 Å². The molecule has 0 bridgehead atoms. The molecule has 0 spiro atoms. The van der Waals surface area contributed by atoms with Crippen LogP contribution in [0, 0.1) is 6.92 Å². The fourth-order valence-corrected chi connectivity index (χ4v) is 1.70. The highest BCUT2D eigenvalue weighted by atomic mass is 32.2. The highest BCUT2D eigenvalue weighted by molar-refractivity contribution is 7.90. The van der Waals surface area contributed by atoms with Crippen LogP contribution in [0.4, 0.5) is 0 Å². The zero-order chi connectivity index (χ0) is 9.35. The molecule has 4 heteroatoms. The van der Waals surface area contributed by atoms with Gasteiger partial charge in [-0.2, -0.15) is 0 Å². The molecule has 1 aromatic rings. The normalized spacial score (nSPS) is 11.5. The van der Waals surface area contributed by atoms with Crippen molar-refractivity contribution in [1.82, 2.24) is 0 Å². The minimum Gasteiger partial charge on any atom is -0.507 e. The van der Waals surface area contributed by atoms with Crippen LogP contribution >= 0.6 is 0 Å². The SMILES string of the molecule is Cc1ccc(S(C)(=O)=O)c(O)c1. The number of rotatable bonds is 1. The Hall–Kier alpha value is -1.03. The van der Waals surface area contributed by atoms with Crippen LogP contribution in [-0.2, 0) is 9.84 Å². The van der Waals surface area contributed by atoms with Crippen molar-refractivity contribution >= 4 is 9.84 Å². The van der Waals surface area contributed by atoms with E-state index in [2.05, 4.69) is 0 Å². The van der Waals surface area contributed by atoms with Crippen molar-refractivity contribution in [2.24, 2.45) is 0 Å². The molecule has 0 radical (unpaired) electrons. The minimum atomic E-state index is -3.30. The van der Waals surface area contributed by atoms with Crippen LogP contribution in [0.5, 0.6) is 5.75 Å². The van der Waals surface area contributed by atoms with Gasteiger partial charge in [-0.05, 0) is 24.6 Å². The predicted octanol–water partition coefficient (Wildman–Crippen LogP) is 1.10. The van der Waals surface area contributed by atoms with E-state index in [1.165, 1.54) is 12.1 Å². The molecule has 1 N–H and O–H groups in total. The molecule has 0 unspecified atom stereocenters. The molecule has 0 heterocycles. The van der Waals surface area contributed by atoms with Gasteiger partial charge in [-0.3, -0.25) is 0 Å². The van der Waals surface area contributed by atoms with Crippen LogP contribution in [0.15, 0.2) is 23.1 Å². The summed E-state index contributed by atoms with van der Waals surface area (Å²) in [4.78, 5) is -0.0203. The van der Waals surface area contributed by atoms with Gasteiger partial charge in [-0.1, -0.05) is 6.07 Å². The van der Waals surface area contributed by atoms with E-state index in [0.29, 0.717) is 0 Å². The third-order valence-electron chi connectivity index (χ3n) is 1.51. The number of aromatic hydroxyl groups is 1. The molecule has 0 fully saturated rings. The Morgan fingerprint density at radius 3 is 2.33 bits per heavy atom. The van der Waals surface area contributed by atoms with E-state index in [0.717, 1.165) is 11.8 Å². The number of aryl methyl sites for hydroxylation is 1. The second kappa shape index (κ2) is 2.79. The molecular weight excluding hydrogens is 176 g/mol. The van der Waals surface area contributed by atoms with Crippen molar-refractivity contribution in [2.75, 3.05) is 6.26 Å². The van der Waals surface area contributed by atoms with E-state index in [9.17, 15) is 13.5 Å². The molecule has 0 aliphatic rings. The number of phenolic OH excluding ortho intramolecular Hbond substituents is 1. The van der Waals surface area contributed by atoms with Crippen molar-refractivity contribution in [3.63, 3.8) is 0 Å². The molecule has 0 saturated carbocycles. The van der Waals surface area contributed by atoms with E-state index < -0.39 is 9.84 Å². The highest BCUT2D eigenvalue weighted by Crippen LogP contribution is 2.22. The zero-order valence-corrected chi connectivity index (χ0v) is 7.72. The topological polar surface area (TPSA) is 54.4 Å². The Bertz CT molecular complexity index is 393. The van der Waals surface area contributed by atoms with Gasteiger partial charge in [0.25, 0.3) is 0 Å². The maximum atomic E-state index is 11.0. The number of sulfone groups is 1. The third kappa shape index (κ3) is 1.76. The first-order chi connectivity index (χ1) is 5.41. The molecule has 0 saturated heterocycles. The molecule has 3 nitrogen and oxygen atoms in total. The number of hydrogen-bond acceptors (Lipinski definition) is 3. The van der Waals surface area contributed by atoms with Crippen LogP contribution in [0.2, 0.25) is 0 Å². The predicted molar refractivity (Wildman–Crippen MR) is 46.0 cm³/mol. The fourth-order valence-electron chi connectivity index (χ4n) is 0.941. The lowest BCUT2D eigenvalue weighted by atomic mass is 10.2. The Kier molecular flexibility index (Phi) is 2.10. The van der Waals surface area contributed by atoms with Gasteiger partial charge in [0.1, 0.15) is 10.6 Å². The molecule has 66 valence electrons. The minimum absolute atomic E-state index is 0.0203. The quantitative estimate of drug-likeness (QED) is 0.714. The van der Waals surface area contributed by atoms with E-state index in [4.69, 9.17) is 0 Å². The summed E-state index contributed by atoms with van der Waals surface area (Å²) in [5.41, 5.74) is 0.833. The molecule has 1 aromatic carbocycles. The second-order valence-corrected chi connectivity index (χ2v) is 4.73. The smallest absolute Gasteiger partial charge is 0.179 e. The molecule has 0 amide bonds. The highest BCUT2D eigenvalue weighted by Gasteiger charge is 2.11. The van der Waals surface area contributed by atoms with Gasteiger partial charge in [-0.15, -0.1) is 0 Å². The van der Waals surface area contributed by atoms with Gasteiger partial charge in [0, 0.05) is 6.26 Å². The van der Waals surface area contributed by atoms with Gasteiger partial charge in [0.05, 0.1) is 0 Å². The summed E-state index contributed by atoms with van der Waals surface area (Å²) >= 11 is 0. The Balaban J connectivity index is 3.39. The summed E-state index contributed by atoms with van der Waals surface area (Å²) < 4.78 is 22.0. The summed E-state index contributed by atoms with van der Waals surface area (Å²) in [6.07, 6.45) is 1.07. The maximum Gasteiger partial charge on any atom is 0.179 e. The first-order valence-corrected chi connectivity index (χ1v) is 5.30. The first-order valence-electron chi connectivity index (χ1n) is 3.41. The lowest BCUT2D eigenvalue weighted by Gasteiger charge is -2.01. The maximum absolute atomic E-state index is 11.0. The van der Waals surface area contributed by atoms with Gasteiger partial charge >= 0.3 is 0 Å². The van der Waals surface area contributed by atoms with Gasteiger partial charge in [0.2, 0.25) is 0 Å². The van der Waals surface area contributed by atoms with E-state index in [1.807, 2.05) is 0 Å². The number of benzene rings is 1. The van der Waals surface area contributed by atoms with Crippen LogP contribution in [0.1, 0.15) is 5.56 Å². The Morgan fingerprint density at radius 1 is 1.33 bits per heavy atom. The first kappa shape index (κ1) is 9.06. The van der Waals surface area contributed by atoms with Crippen LogP contribution in [0.3, 0.4) is 0 Å². The summed E-state index contributed by atoms with van der Waals surface area (Å²) in [6, 6.07) is 4.48. The summed E-state index contributed by atoms with van der Waals surface area (Å²) in [7, 11) is -3.30. The van der Waals surface area contributed by atoms with Crippen molar-refractivity contribution < 1.29 is 13.5 Å². The van der Waals surface area contributed by atoms with Crippen LogP contribution in [0.25, 0.3) is 0 Å². The summed E-state index contributed by atoms with van der Waals surface area (Å²) in [5.74, 6) is -0.183. The van der Waals surface area contributed by atoms with Crippen molar-refractivity contribution in [1.29, 1.82) is 0 Å². The zero-order valence-electron chi connectivity index (χ0n) is 6.90. The van der Waals surface area contributed by atoms with Crippen molar-refractivity contribution in [2.45, 2.75) is 11.8 Å². The van der Waals surface area contributed by atoms with Crippen LogP contribution < -0.4 is 0 Å². The lowest BCUT2D eigenvalue weighted by Crippen LogP contribution is -1.97. The van der Waals surface area contributed by atoms with Gasteiger partial charge < -0.3 is 5.11 Å². The summed E-state index contributed by atoms with van der Waals surface area (Å²) in [5, 5.41) is 9.25. The molecule has 0 aromatic heterocycles. The Labute approximate surface area is 71.6 Å². The van der Waals surface area contributed by atoms with Crippen molar-refractivity contribution in [3.8, 4) is 5.75 Å². The van der Waals surface area contributed by atoms with E-state index in [-0.39, 0.29) is 10.6 Å². The number of hydrogen-bond donors (Lipinski definition) is 1. The molecule has 0 aliphatic heterocycles. The van der Waals surface area contributed by atoms with E-state index in [1.54, 1.807) is 13.0 Å². The average molecular weight is 186 g/mol. The molecular formula is C8H10O3S. The second-order valence-electron chi connectivity index (χ2n) is 2.74. The monoisotopic (exact) mass is 186 g/mol. The Morgan fingerprint density at radius 2 is 1.92 bits per heavy atom. The van der Waals surface area contributed by atoms with Gasteiger partial charge in [-0.25, -0.2) is 8.42 Å². The van der Waals surface area contributed by atoms with Crippen molar-refractivity contribution in [3.05, 3.63) is 23.8 Å². The fraction of sp³-hybridized carbons (Fsp3) is 0.250. The summed E-state index contributed by atoms with van der Waals surface area (Å²) in [6.45, 7) is 1.78. The molecule has 0 aliphatic carbocycles. The molecule has 0 atom stereocenters. The van der Waals surface area contributed by atoms with Crippen LogP contribution in [-0.4, -0.2) is 19.8 Å². The number of phenols is 1. The average Bonchev–Trinajstić information content (AvgIpc) is 1.83.